The average molecular weight is 258 g/mol. The van der Waals surface area contributed by atoms with Gasteiger partial charge in [0.05, 0.1) is 6.54 Å². The van der Waals surface area contributed by atoms with Gasteiger partial charge in [0.1, 0.15) is 11.5 Å². The second kappa shape index (κ2) is 5.86. The average Bonchev–Trinajstić information content (AvgIpc) is 2.46. The molecule has 2 rings (SSSR count). The van der Waals surface area contributed by atoms with Crippen molar-refractivity contribution in [3.05, 3.63) is 65.7 Å². The van der Waals surface area contributed by atoms with Crippen molar-refractivity contribution in [3.63, 3.8) is 0 Å². The zero-order chi connectivity index (χ0) is 13.7. The number of hydrogen-bond acceptors (Lipinski definition) is 3. The van der Waals surface area contributed by atoms with Crippen LogP contribution in [0.3, 0.4) is 0 Å². The SMILES string of the molecule is O=C(CNC(=O)c1ccccn1)c1ccc(F)cc1. The highest BCUT2D eigenvalue weighted by Gasteiger charge is 2.10. The van der Waals surface area contributed by atoms with E-state index in [9.17, 15) is 14.0 Å². The van der Waals surface area contributed by atoms with Crippen molar-refractivity contribution in [1.82, 2.24) is 10.3 Å². The Balaban J connectivity index is 1.94. The third kappa shape index (κ3) is 3.45. The van der Waals surface area contributed by atoms with Gasteiger partial charge in [-0.1, -0.05) is 6.07 Å². The predicted octanol–water partition coefficient (Wildman–Crippen LogP) is 1.83. The van der Waals surface area contributed by atoms with E-state index in [0.717, 1.165) is 0 Å². The van der Waals surface area contributed by atoms with E-state index in [1.807, 2.05) is 0 Å². The predicted molar refractivity (Wildman–Crippen MR) is 67.3 cm³/mol. The quantitative estimate of drug-likeness (QED) is 0.851. The molecule has 0 atom stereocenters. The largest absolute Gasteiger partial charge is 0.343 e. The number of benzene rings is 1. The van der Waals surface area contributed by atoms with Gasteiger partial charge >= 0.3 is 0 Å². The van der Waals surface area contributed by atoms with Crippen LogP contribution in [0.2, 0.25) is 0 Å². The molecule has 0 unspecified atom stereocenters. The molecule has 4 nitrogen and oxygen atoms in total. The maximum absolute atomic E-state index is 12.7. The summed E-state index contributed by atoms with van der Waals surface area (Å²) in [6.45, 7) is -0.152. The highest BCUT2D eigenvalue weighted by Crippen LogP contribution is 2.03. The standard InChI is InChI=1S/C14H11FN2O2/c15-11-6-4-10(5-7-11)13(18)9-17-14(19)12-3-1-2-8-16-12/h1-8H,9H2,(H,17,19). The second-order valence-corrected chi connectivity index (χ2v) is 3.83. The Kier molecular flexibility index (Phi) is 3.97. The zero-order valence-corrected chi connectivity index (χ0v) is 9.97. The van der Waals surface area contributed by atoms with Crippen molar-refractivity contribution in [2.45, 2.75) is 0 Å². The van der Waals surface area contributed by atoms with Gasteiger partial charge in [-0.15, -0.1) is 0 Å². The second-order valence-electron chi connectivity index (χ2n) is 3.83. The van der Waals surface area contributed by atoms with Crippen LogP contribution in [0.15, 0.2) is 48.7 Å². The third-order valence-electron chi connectivity index (χ3n) is 2.47. The van der Waals surface area contributed by atoms with E-state index in [4.69, 9.17) is 0 Å². The van der Waals surface area contributed by atoms with Crippen molar-refractivity contribution < 1.29 is 14.0 Å². The summed E-state index contributed by atoms with van der Waals surface area (Å²) < 4.78 is 12.7. The monoisotopic (exact) mass is 258 g/mol. The minimum absolute atomic E-state index is 0.152. The van der Waals surface area contributed by atoms with E-state index < -0.39 is 11.7 Å². The Hall–Kier alpha value is -2.56. The summed E-state index contributed by atoms with van der Waals surface area (Å²) in [7, 11) is 0. The number of ketones is 1. The van der Waals surface area contributed by atoms with Crippen molar-refractivity contribution in [2.75, 3.05) is 6.54 Å². The summed E-state index contributed by atoms with van der Waals surface area (Å²) in [5.74, 6) is -1.12. The molecule has 0 spiro atoms. The minimum Gasteiger partial charge on any atom is -0.343 e. The summed E-state index contributed by atoms with van der Waals surface area (Å²) in [6.07, 6.45) is 1.50. The summed E-state index contributed by atoms with van der Waals surface area (Å²) in [5.41, 5.74) is 0.595. The van der Waals surface area contributed by atoms with Gasteiger partial charge in [0, 0.05) is 11.8 Å². The fourth-order valence-electron chi connectivity index (χ4n) is 1.49. The van der Waals surface area contributed by atoms with E-state index >= 15 is 0 Å². The number of aromatic nitrogens is 1. The fraction of sp³-hybridized carbons (Fsp3) is 0.0714. The van der Waals surface area contributed by atoms with Gasteiger partial charge in [0.2, 0.25) is 0 Å². The molecule has 0 saturated heterocycles. The minimum atomic E-state index is -0.420. The molecule has 0 aliphatic rings. The highest BCUT2D eigenvalue weighted by atomic mass is 19.1. The van der Waals surface area contributed by atoms with Crippen molar-refractivity contribution in [2.24, 2.45) is 0 Å². The molecule has 0 saturated carbocycles. The molecule has 1 amide bonds. The maximum Gasteiger partial charge on any atom is 0.270 e. The van der Waals surface area contributed by atoms with Crippen molar-refractivity contribution in [1.29, 1.82) is 0 Å². The zero-order valence-electron chi connectivity index (χ0n) is 9.97. The first-order valence-corrected chi connectivity index (χ1v) is 5.65. The molecule has 0 aliphatic carbocycles. The van der Waals surface area contributed by atoms with Crippen LogP contribution in [0, 0.1) is 5.82 Å². The van der Waals surface area contributed by atoms with E-state index in [0.29, 0.717) is 5.56 Å². The number of carbonyl (C=O) groups excluding carboxylic acids is 2. The number of halogens is 1. The van der Waals surface area contributed by atoms with E-state index in [-0.39, 0.29) is 18.0 Å². The summed E-state index contributed by atoms with van der Waals surface area (Å²) in [5, 5.41) is 2.47. The molecule has 5 heteroatoms. The molecule has 1 heterocycles. The van der Waals surface area contributed by atoms with Crippen LogP contribution in [0.1, 0.15) is 20.8 Å². The van der Waals surface area contributed by atoms with Crippen LogP contribution in [0.25, 0.3) is 0 Å². The molecule has 0 radical (unpaired) electrons. The van der Waals surface area contributed by atoms with Crippen molar-refractivity contribution in [3.8, 4) is 0 Å². The van der Waals surface area contributed by atoms with Gasteiger partial charge < -0.3 is 5.32 Å². The molecule has 1 N–H and O–H groups in total. The number of Topliss-reactive ketones (excluding diaryl/α,β-unsaturated/α-hetero) is 1. The van der Waals surface area contributed by atoms with Gasteiger partial charge in [-0.2, -0.15) is 0 Å². The van der Waals surface area contributed by atoms with E-state index in [2.05, 4.69) is 10.3 Å². The van der Waals surface area contributed by atoms with Crippen molar-refractivity contribution >= 4 is 11.7 Å². The Morgan fingerprint density at radius 3 is 2.47 bits per heavy atom. The molecular weight excluding hydrogens is 247 g/mol. The molecule has 0 fully saturated rings. The topological polar surface area (TPSA) is 59.1 Å². The van der Waals surface area contributed by atoms with Crippen LogP contribution < -0.4 is 5.32 Å². The van der Waals surface area contributed by atoms with Crippen LogP contribution in [-0.4, -0.2) is 23.2 Å². The summed E-state index contributed by atoms with van der Waals surface area (Å²) in [4.78, 5) is 27.3. The smallest absolute Gasteiger partial charge is 0.270 e. The van der Waals surface area contributed by atoms with Gasteiger partial charge in [0.25, 0.3) is 5.91 Å². The number of nitrogens with zero attached hydrogens (tertiary/aromatic N) is 1. The molecular formula is C14H11FN2O2. The van der Waals surface area contributed by atoms with E-state index in [1.54, 1.807) is 18.2 Å². The Morgan fingerprint density at radius 1 is 1.11 bits per heavy atom. The number of pyridine rings is 1. The Bertz CT molecular complexity index is 582. The Morgan fingerprint density at radius 2 is 1.84 bits per heavy atom. The van der Waals surface area contributed by atoms with Crippen LogP contribution >= 0.6 is 0 Å². The van der Waals surface area contributed by atoms with Gasteiger partial charge in [-0.3, -0.25) is 14.6 Å². The number of amides is 1. The normalized spacial score (nSPS) is 9.95. The maximum atomic E-state index is 12.7. The molecule has 2 aromatic rings. The van der Waals surface area contributed by atoms with Gasteiger partial charge in [-0.25, -0.2) is 4.39 Å². The van der Waals surface area contributed by atoms with Crippen LogP contribution in [-0.2, 0) is 0 Å². The number of hydrogen-bond donors (Lipinski definition) is 1. The third-order valence-corrected chi connectivity index (χ3v) is 2.47. The lowest BCUT2D eigenvalue weighted by molar-refractivity contribution is 0.0901. The fourth-order valence-corrected chi connectivity index (χ4v) is 1.49. The number of rotatable bonds is 4. The first kappa shape index (κ1) is 12.9. The summed E-state index contributed by atoms with van der Waals surface area (Å²) >= 11 is 0. The molecule has 96 valence electrons. The first-order valence-electron chi connectivity index (χ1n) is 5.65. The molecule has 1 aromatic carbocycles. The van der Waals surface area contributed by atoms with Crippen LogP contribution in [0.5, 0.6) is 0 Å². The highest BCUT2D eigenvalue weighted by molar-refractivity contribution is 6.01. The van der Waals surface area contributed by atoms with Gasteiger partial charge in [0.15, 0.2) is 5.78 Å². The molecule has 19 heavy (non-hydrogen) atoms. The Labute approximate surface area is 109 Å². The lowest BCUT2D eigenvalue weighted by Gasteiger charge is -2.04. The lowest BCUT2D eigenvalue weighted by atomic mass is 10.1. The molecule has 0 aliphatic heterocycles. The number of nitrogens with one attached hydrogen (secondary N) is 1. The van der Waals surface area contributed by atoms with Gasteiger partial charge in [-0.05, 0) is 36.4 Å². The first-order chi connectivity index (χ1) is 9.16. The molecule has 1 aromatic heterocycles. The number of carbonyl (C=O) groups is 2. The van der Waals surface area contributed by atoms with Crippen LogP contribution in [0.4, 0.5) is 4.39 Å². The lowest BCUT2D eigenvalue weighted by Crippen LogP contribution is -2.30. The summed E-state index contributed by atoms with van der Waals surface area (Å²) in [6, 6.07) is 10.1. The van der Waals surface area contributed by atoms with E-state index in [1.165, 1.54) is 30.5 Å². The molecule has 0 bridgehead atoms.